The van der Waals surface area contributed by atoms with E-state index in [1.165, 1.54) is 17.5 Å². The van der Waals surface area contributed by atoms with E-state index in [2.05, 4.69) is 24.8 Å². The highest BCUT2D eigenvalue weighted by atomic mass is 32.2. The number of thioether (sulfide) groups is 1. The number of nitriles is 1. The average molecular weight is 358 g/mol. The second-order valence-corrected chi connectivity index (χ2v) is 8.45. The zero-order valence-electron chi connectivity index (χ0n) is 15.3. The second-order valence-electron chi connectivity index (χ2n) is 7.47. The third-order valence-corrected chi connectivity index (χ3v) is 6.09. The van der Waals surface area contributed by atoms with E-state index in [1.807, 2.05) is 19.1 Å². The third-order valence-electron chi connectivity index (χ3n) is 4.99. The van der Waals surface area contributed by atoms with Crippen LogP contribution >= 0.6 is 11.8 Å². The number of hydrogen-bond donors (Lipinski definition) is 1. The predicted octanol–water partition coefficient (Wildman–Crippen LogP) is 3.88. The van der Waals surface area contributed by atoms with Crippen molar-refractivity contribution in [1.82, 2.24) is 4.90 Å². The van der Waals surface area contributed by atoms with Crippen LogP contribution in [-0.4, -0.2) is 39.6 Å². The fourth-order valence-corrected chi connectivity index (χ4v) is 5.06. The van der Waals surface area contributed by atoms with E-state index in [0.717, 1.165) is 48.0 Å². The smallest absolute Gasteiger partial charge is 0.164 e. The summed E-state index contributed by atoms with van der Waals surface area (Å²) in [6.45, 7) is 7.16. The van der Waals surface area contributed by atoms with Gasteiger partial charge in [-0.05, 0) is 61.8 Å². The molecule has 0 bridgehead atoms. The lowest BCUT2D eigenvalue weighted by molar-refractivity contribution is 0.111. The van der Waals surface area contributed by atoms with Crippen LogP contribution in [0, 0.1) is 17.2 Å². The lowest BCUT2D eigenvalue weighted by Gasteiger charge is -2.29. The number of aliphatic hydroxyl groups excluding tert-OH is 1. The molecule has 0 unspecified atom stereocenters. The van der Waals surface area contributed by atoms with Gasteiger partial charge in [0.25, 0.3) is 0 Å². The molecule has 134 valence electrons. The van der Waals surface area contributed by atoms with Crippen molar-refractivity contribution in [2.75, 3.05) is 12.3 Å². The number of fused-ring (bicyclic) bond motifs is 1. The minimum Gasteiger partial charge on any atom is -0.391 e. The Morgan fingerprint density at radius 3 is 2.64 bits per heavy atom. The van der Waals surface area contributed by atoms with Crippen molar-refractivity contribution in [1.29, 1.82) is 5.26 Å². The number of aliphatic hydroxyl groups is 1. The minimum absolute atomic E-state index is 0.125. The monoisotopic (exact) mass is 357 g/mol. The SMILES string of the molecule is CC(C)CN1C(=Nc2ccc(C#N)c3c2CCCC3)SC[C@@H]1[C@@H](C)O. The molecule has 1 aliphatic carbocycles. The van der Waals surface area contributed by atoms with E-state index in [9.17, 15) is 10.4 Å². The standard InChI is InChI=1S/C20H27N3OS/c1-13(2)11-23-19(14(3)24)12-25-20(23)22-18-9-8-15(10-21)16-6-4-5-7-17(16)18/h8-9,13-14,19,24H,4-7,11-12H2,1-3H3/t14-,19-/m1/s1. The van der Waals surface area contributed by atoms with Gasteiger partial charge in [-0.15, -0.1) is 0 Å². The lowest BCUT2D eigenvalue weighted by atomic mass is 9.87. The van der Waals surface area contributed by atoms with Crippen LogP contribution in [0.15, 0.2) is 17.1 Å². The zero-order chi connectivity index (χ0) is 18.0. The molecule has 0 saturated carbocycles. The molecule has 1 fully saturated rings. The highest BCUT2D eigenvalue weighted by molar-refractivity contribution is 8.14. The Kier molecular flexibility index (Phi) is 5.71. The van der Waals surface area contributed by atoms with Gasteiger partial charge in [-0.3, -0.25) is 0 Å². The molecule has 0 amide bonds. The number of rotatable bonds is 4. The maximum atomic E-state index is 10.1. The molecular formula is C20H27N3OS. The van der Waals surface area contributed by atoms with Gasteiger partial charge in [0, 0.05) is 12.3 Å². The van der Waals surface area contributed by atoms with Gasteiger partial charge < -0.3 is 10.0 Å². The summed E-state index contributed by atoms with van der Waals surface area (Å²) < 4.78 is 0. The second kappa shape index (κ2) is 7.80. The quantitative estimate of drug-likeness (QED) is 0.888. The van der Waals surface area contributed by atoms with E-state index in [4.69, 9.17) is 4.99 Å². The summed E-state index contributed by atoms with van der Waals surface area (Å²) in [5.74, 6) is 1.39. The van der Waals surface area contributed by atoms with Gasteiger partial charge in [0.2, 0.25) is 0 Å². The summed E-state index contributed by atoms with van der Waals surface area (Å²) in [7, 11) is 0. The first-order valence-corrected chi connectivity index (χ1v) is 10.2. The molecule has 1 aromatic carbocycles. The van der Waals surface area contributed by atoms with Crippen LogP contribution in [0.2, 0.25) is 0 Å². The van der Waals surface area contributed by atoms with Crippen molar-refractivity contribution in [3.05, 3.63) is 28.8 Å². The van der Waals surface area contributed by atoms with Crippen LogP contribution in [0.25, 0.3) is 0 Å². The van der Waals surface area contributed by atoms with Crippen LogP contribution in [-0.2, 0) is 12.8 Å². The van der Waals surface area contributed by atoms with Gasteiger partial charge in [-0.2, -0.15) is 5.26 Å². The molecular weight excluding hydrogens is 330 g/mol. The van der Waals surface area contributed by atoms with Crippen molar-refractivity contribution in [3.8, 4) is 6.07 Å². The molecule has 1 saturated heterocycles. The molecule has 0 spiro atoms. The van der Waals surface area contributed by atoms with Crippen LogP contribution in [0.4, 0.5) is 5.69 Å². The highest BCUT2D eigenvalue weighted by Gasteiger charge is 2.34. The van der Waals surface area contributed by atoms with E-state index in [0.29, 0.717) is 5.92 Å². The largest absolute Gasteiger partial charge is 0.391 e. The first-order valence-electron chi connectivity index (χ1n) is 9.22. The van der Waals surface area contributed by atoms with Crippen LogP contribution in [0.3, 0.4) is 0 Å². The molecule has 25 heavy (non-hydrogen) atoms. The van der Waals surface area contributed by atoms with Crippen LogP contribution in [0.1, 0.15) is 50.3 Å². The molecule has 2 atom stereocenters. The first kappa shape index (κ1) is 18.3. The van der Waals surface area contributed by atoms with E-state index >= 15 is 0 Å². The van der Waals surface area contributed by atoms with Crippen LogP contribution in [0.5, 0.6) is 0 Å². The van der Waals surface area contributed by atoms with Gasteiger partial charge in [0.1, 0.15) is 0 Å². The zero-order valence-corrected chi connectivity index (χ0v) is 16.1. The Morgan fingerprint density at radius 2 is 2.00 bits per heavy atom. The molecule has 5 heteroatoms. The van der Waals surface area contributed by atoms with Gasteiger partial charge in [0.05, 0.1) is 29.5 Å². The molecule has 1 aliphatic heterocycles. The van der Waals surface area contributed by atoms with Gasteiger partial charge in [-0.25, -0.2) is 4.99 Å². The highest BCUT2D eigenvalue weighted by Crippen LogP contribution is 2.35. The fourth-order valence-electron chi connectivity index (χ4n) is 3.74. The number of nitrogens with zero attached hydrogens (tertiary/aromatic N) is 3. The lowest BCUT2D eigenvalue weighted by Crippen LogP contribution is -2.43. The molecule has 4 nitrogen and oxygen atoms in total. The Labute approximate surface area is 154 Å². The Bertz CT molecular complexity index is 706. The third kappa shape index (κ3) is 3.86. The topological polar surface area (TPSA) is 59.6 Å². The number of amidine groups is 1. The van der Waals surface area contributed by atoms with Crippen molar-refractivity contribution >= 4 is 22.6 Å². The summed E-state index contributed by atoms with van der Waals surface area (Å²) >= 11 is 1.74. The molecule has 1 N–H and O–H groups in total. The van der Waals surface area contributed by atoms with Crippen molar-refractivity contribution < 1.29 is 5.11 Å². The molecule has 1 aromatic rings. The molecule has 0 radical (unpaired) electrons. The minimum atomic E-state index is -0.367. The Morgan fingerprint density at radius 1 is 1.28 bits per heavy atom. The van der Waals surface area contributed by atoms with Crippen molar-refractivity contribution in [2.45, 2.75) is 58.6 Å². The van der Waals surface area contributed by atoms with Gasteiger partial charge in [0.15, 0.2) is 5.17 Å². The molecule has 1 heterocycles. The molecule has 2 aliphatic rings. The summed E-state index contributed by atoms with van der Waals surface area (Å²) in [5, 5.41) is 20.5. The first-order chi connectivity index (χ1) is 12.0. The number of aliphatic imine (C=N–C) groups is 1. The molecule has 0 aromatic heterocycles. The maximum Gasteiger partial charge on any atom is 0.164 e. The van der Waals surface area contributed by atoms with Gasteiger partial charge in [-0.1, -0.05) is 25.6 Å². The normalized spacial score (nSPS) is 23.0. The summed E-state index contributed by atoms with van der Waals surface area (Å²) in [4.78, 5) is 7.27. The maximum absolute atomic E-state index is 10.1. The van der Waals surface area contributed by atoms with Crippen molar-refractivity contribution in [2.24, 2.45) is 10.9 Å². The average Bonchev–Trinajstić information content (AvgIpc) is 2.97. The van der Waals surface area contributed by atoms with E-state index in [-0.39, 0.29) is 12.1 Å². The van der Waals surface area contributed by atoms with E-state index < -0.39 is 0 Å². The Hall–Kier alpha value is -1.51. The van der Waals surface area contributed by atoms with Crippen molar-refractivity contribution in [3.63, 3.8) is 0 Å². The van der Waals surface area contributed by atoms with E-state index in [1.54, 1.807) is 11.8 Å². The number of benzene rings is 1. The summed E-state index contributed by atoms with van der Waals surface area (Å²) in [6, 6.07) is 6.38. The fraction of sp³-hybridized carbons (Fsp3) is 0.600. The Balaban J connectivity index is 1.98. The molecule has 3 rings (SSSR count). The van der Waals surface area contributed by atoms with Crippen LogP contribution < -0.4 is 0 Å². The summed E-state index contributed by atoms with van der Waals surface area (Å²) in [5.41, 5.74) is 4.26. The summed E-state index contributed by atoms with van der Waals surface area (Å²) in [6.07, 6.45) is 3.94. The predicted molar refractivity (Wildman–Crippen MR) is 104 cm³/mol. The number of hydrogen-bond acceptors (Lipinski definition) is 4. The van der Waals surface area contributed by atoms with Gasteiger partial charge >= 0.3 is 0 Å².